The van der Waals surface area contributed by atoms with Gasteiger partial charge in [0.2, 0.25) is 0 Å². The molecule has 1 atom stereocenters. The average Bonchev–Trinajstić information content (AvgIpc) is 2.56. The lowest BCUT2D eigenvalue weighted by molar-refractivity contribution is 0.0329. The van der Waals surface area contributed by atoms with Gasteiger partial charge in [-0.05, 0) is 44.2 Å². The molecule has 0 bridgehead atoms. The lowest BCUT2D eigenvalue weighted by atomic mass is 9.67. The van der Waals surface area contributed by atoms with Crippen molar-refractivity contribution < 1.29 is 4.74 Å². The first-order chi connectivity index (χ1) is 10.3. The van der Waals surface area contributed by atoms with Gasteiger partial charge in [-0.15, -0.1) is 6.58 Å². The fourth-order valence-corrected chi connectivity index (χ4v) is 3.63. The van der Waals surface area contributed by atoms with Crippen LogP contribution in [0.5, 0.6) is 0 Å². The van der Waals surface area contributed by atoms with Gasteiger partial charge in [-0.2, -0.15) is 0 Å². The Kier molecular flexibility index (Phi) is 6.47. The van der Waals surface area contributed by atoms with Crippen molar-refractivity contribution in [2.24, 2.45) is 0 Å². The SMILES string of the molecule is C=CCCCC(NCC)C1(c2ccccc2)CCOCC1. The van der Waals surface area contributed by atoms with E-state index in [2.05, 4.69) is 49.2 Å². The van der Waals surface area contributed by atoms with E-state index in [4.69, 9.17) is 4.74 Å². The van der Waals surface area contributed by atoms with Gasteiger partial charge in [-0.1, -0.05) is 43.3 Å². The highest BCUT2D eigenvalue weighted by Gasteiger charge is 2.40. The van der Waals surface area contributed by atoms with Crippen molar-refractivity contribution in [3.63, 3.8) is 0 Å². The van der Waals surface area contributed by atoms with E-state index in [9.17, 15) is 0 Å². The largest absolute Gasteiger partial charge is 0.381 e. The Labute approximate surface area is 129 Å². The van der Waals surface area contributed by atoms with Gasteiger partial charge >= 0.3 is 0 Å². The molecule has 1 unspecified atom stereocenters. The molecule has 2 nitrogen and oxygen atoms in total. The first-order valence-electron chi connectivity index (χ1n) is 8.31. The first-order valence-corrected chi connectivity index (χ1v) is 8.31. The van der Waals surface area contributed by atoms with E-state index >= 15 is 0 Å². The number of benzene rings is 1. The summed E-state index contributed by atoms with van der Waals surface area (Å²) < 4.78 is 5.66. The quantitative estimate of drug-likeness (QED) is 0.575. The molecule has 2 rings (SSSR count). The Morgan fingerprint density at radius 3 is 2.62 bits per heavy atom. The number of hydrogen-bond donors (Lipinski definition) is 1. The summed E-state index contributed by atoms with van der Waals surface area (Å²) in [6, 6.07) is 11.6. The van der Waals surface area contributed by atoms with Crippen LogP contribution in [0, 0.1) is 0 Å². The van der Waals surface area contributed by atoms with Gasteiger partial charge in [0.05, 0.1) is 0 Å². The molecule has 0 aliphatic carbocycles. The number of likely N-dealkylation sites (N-methyl/N-ethyl adjacent to an activating group) is 1. The zero-order valence-corrected chi connectivity index (χ0v) is 13.3. The lowest BCUT2D eigenvalue weighted by Crippen LogP contribution is -2.51. The van der Waals surface area contributed by atoms with Crippen molar-refractivity contribution in [3.05, 3.63) is 48.6 Å². The molecular formula is C19H29NO. The number of allylic oxidation sites excluding steroid dienone is 1. The molecule has 1 aliphatic rings. The predicted molar refractivity (Wildman–Crippen MR) is 89.7 cm³/mol. The van der Waals surface area contributed by atoms with E-state index in [0.717, 1.165) is 39.0 Å². The van der Waals surface area contributed by atoms with Crippen molar-refractivity contribution >= 4 is 0 Å². The molecule has 1 saturated heterocycles. The fourth-order valence-electron chi connectivity index (χ4n) is 3.63. The Morgan fingerprint density at radius 2 is 2.00 bits per heavy atom. The van der Waals surface area contributed by atoms with Crippen molar-refractivity contribution in [2.75, 3.05) is 19.8 Å². The van der Waals surface area contributed by atoms with Gasteiger partial charge in [0, 0.05) is 24.7 Å². The third-order valence-electron chi connectivity index (χ3n) is 4.75. The summed E-state index contributed by atoms with van der Waals surface area (Å²) in [5.74, 6) is 0. The van der Waals surface area contributed by atoms with Gasteiger partial charge in [0.1, 0.15) is 0 Å². The topological polar surface area (TPSA) is 21.3 Å². The maximum atomic E-state index is 5.66. The third-order valence-corrected chi connectivity index (χ3v) is 4.75. The maximum Gasteiger partial charge on any atom is 0.0475 e. The number of ether oxygens (including phenoxy) is 1. The van der Waals surface area contributed by atoms with Crippen LogP contribution in [0.4, 0.5) is 0 Å². The molecular weight excluding hydrogens is 258 g/mol. The summed E-state index contributed by atoms with van der Waals surface area (Å²) in [6.45, 7) is 8.83. The van der Waals surface area contributed by atoms with Gasteiger partial charge in [0.25, 0.3) is 0 Å². The molecule has 0 amide bonds. The molecule has 21 heavy (non-hydrogen) atoms. The van der Waals surface area contributed by atoms with E-state index in [1.54, 1.807) is 0 Å². The minimum atomic E-state index is 0.219. The second-order valence-electron chi connectivity index (χ2n) is 5.96. The van der Waals surface area contributed by atoms with Crippen molar-refractivity contribution in [1.82, 2.24) is 5.32 Å². The number of rotatable bonds is 8. The molecule has 1 aliphatic heterocycles. The zero-order chi connectivity index (χ0) is 15.0. The second kappa shape index (κ2) is 8.35. The summed E-state index contributed by atoms with van der Waals surface area (Å²) in [4.78, 5) is 0. The van der Waals surface area contributed by atoms with Gasteiger partial charge in [-0.3, -0.25) is 0 Å². The molecule has 2 heteroatoms. The van der Waals surface area contributed by atoms with Crippen LogP contribution >= 0.6 is 0 Å². The van der Waals surface area contributed by atoms with Crippen molar-refractivity contribution in [3.8, 4) is 0 Å². The van der Waals surface area contributed by atoms with E-state index < -0.39 is 0 Å². The summed E-state index contributed by atoms with van der Waals surface area (Å²) in [6.07, 6.45) is 7.77. The summed E-state index contributed by atoms with van der Waals surface area (Å²) >= 11 is 0. The fraction of sp³-hybridized carbons (Fsp3) is 0.579. The van der Waals surface area contributed by atoms with Crippen LogP contribution in [-0.4, -0.2) is 25.8 Å². The van der Waals surface area contributed by atoms with E-state index in [1.165, 1.54) is 18.4 Å². The highest BCUT2D eigenvalue weighted by atomic mass is 16.5. The molecule has 0 radical (unpaired) electrons. The van der Waals surface area contributed by atoms with Gasteiger partial charge in [0.15, 0.2) is 0 Å². The minimum Gasteiger partial charge on any atom is -0.381 e. The van der Waals surface area contributed by atoms with Crippen LogP contribution in [0.2, 0.25) is 0 Å². The molecule has 1 fully saturated rings. The Morgan fingerprint density at radius 1 is 1.29 bits per heavy atom. The van der Waals surface area contributed by atoms with Crippen molar-refractivity contribution in [2.45, 2.75) is 50.5 Å². The molecule has 0 aromatic heterocycles. The lowest BCUT2D eigenvalue weighted by Gasteiger charge is -2.44. The molecule has 1 aromatic rings. The third kappa shape index (κ3) is 3.96. The normalized spacial score (nSPS) is 19.1. The van der Waals surface area contributed by atoms with Crippen LogP contribution in [0.25, 0.3) is 0 Å². The van der Waals surface area contributed by atoms with E-state index in [0.29, 0.717) is 6.04 Å². The summed E-state index contributed by atoms with van der Waals surface area (Å²) in [7, 11) is 0. The molecule has 116 valence electrons. The Balaban J connectivity index is 2.25. The van der Waals surface area contributed by atoms with Crippen LogP contribution in [0.1, 0.15) is 44.6 Å². The van der Waals surface area contributed by atoms with Crippen molar-refractivity contribution in [1.29, 1.82) is 0 Å². The first kappa shape index (κ1) is 16.3. The van der Waals surface area contributed by atoms with Gasteiger partial charge in [-0.25, -0.2) is 0 Å². The zero-order valence-electron chi connectivity index (χ0n) is 13.3. The second-order valence-corrected chi connectivity index (χ2v) is 5.96. The smallest absolute Gasteiger partial charge is 0.0475 e. The highest BCUT2D eigenvalue weighted by Crippen LogP contribution is 2.39. The number of hydrogen-bond acceptors (Lipinski definition) is 2. The number of unbranched alkanes of at least 4 members (excludes halogenated alkanes) is 1. The molecule has 0 saturated carbocycles. The highest BCUT2D eigenvalue weighted by molar-refractivity contribution is 5.28. The summed E-state index contributed by atoms with van der Waals surface area (Å²) in [5, 5.41) is 3.76. The van der Waals surface area contributed by atoms with Gasteiger partial charge < -0.3 is 10.1 Å². The molecule has 0 spiro atoms. The summed E-state index contributed by atoms with van der Waals surface area (Å²) in [5.41, 5.74) is 1.69. The van der Waals surface area contributed by atoms with E-state index in [1.807, 2.05) is 6.08 Å². The predicted octanol–water partition coefficient (Wildman–Crippen LogP) is 4.07. The Bertz CT molecular complexity index is 409. The molecule has 1 N–H and O–H groups in total. The van der Waals surface area contributed by atoms with Crippen LogP contribution in [-0.2, 0) is 10.2 Å². The minimum absolute atomic E-state index is 0.219. The van der Waals surface area contributed by atoms with Crippen LogP contribution in [0.3, 0.4) is 0 Å². The average molecular weight is 287 g/mol. The monoisotopic (exact) mass is 287 g/mol. The van der Waals surface area contributed by atoms with Crippen LogP contribution < -0.4 is 5.32 Å². The van der Waals surface area contributed by atoms with E-state index in [-0.39, 0.29) is 5.41 Å². The molecule has 1 aromatic carbocycles. The molecule has 1 heterocycles. The standard InChI is InChI=1S/C19H29NO/c1-3-5-7-12-18(20-4-2)19(13-15-21-16-14-19)17-10-8-6-9-11-17/h3,6,8-11,18,20H,1,4-5,7,12-16H2,2H3. The Hall–Kier alpha value is -1.12. The maximum absolute atomic E-state index is 5.66. The number of nitrogens with one attached hydrogen (secondary N) is 1. The van der Waals surface area contributed by atoms with Crippen LogP contribution in [0.15, 0.2) is 43.0 Å².